The fourth-order valence-electron chi connectivity index (χ4n) is 1.66. The van der Waals surface area contributed by atoms with E-state index in [0.717, 1.165) is 0 Å². The molecule has 1 aromatic carbocycles. The molecule has 1 amide bonds. The van der Waals surface area contributed by atoms with Crippen LogP contribution >= 0.6 is 0 Å². The van der Waals surface area contributed by atoms with Crippen LogP contribution in [0, 0.1) is 5.92 Å². The van der Waals surface area contributed by atoms with Crippen molar-refractivity contribution in [2.75, 3.05) is 19.0 Å². The highest BCUT2D eigenvalue weighted by Gasteiger charge is 2.33. The number of ether oxygens (including phenoxy) is 2. The van der Waals surface area contributed by atoms with Crippen LogP contribution in [0.1, 0.15) is 6.42 Å². The predicted octanol–water partition coefficient (Wildman–Crippen LogP) is 1.20. The second-order valence-corrected chi connectivity index (χ2v) is 3.73. The summed E-state index contributed by atoms with van der Waals surface area (Å²) in [7, 11) is 1.55. The largest absolute Gasteiger partial charge is 0.497 e. The van der Waals surface area contributed by atoms with Crippen molar-refractivity contribution < 1.29 is 19.1 Å². The van der Waals surface area contributed by atoms with Gasteiger partial charge in [0.2, 0.25) is 5.91 Å². The minimum Gasteiger partial charge on any atom is -0.497 e. The van der Waals surface area contributed by atoms with E-state index in [4.69, 9.17) is 9.47 Å². The zero-order valence-corrected chi connectivity index (χ0v) is 9.43. The maximum atomic E-state index is 11.8. The van der Waals surface area contributed by atoms with E-state index >= 15 is 0 Å². The molecule has 5 heteroatoms. The molecule has 1 fully saturated rings. The van der Waals surface area contributed by atoms with Crippen LogP contribution in [0.4, 0.5) is 5.69 Å². The van der Waals surface area contributed by atoms with Gasteiger partial charge in [-0.25, -0.2) is 0 Å². The molecular formula is C12H13NO4. The van der Waals surface area contributed by atoms with Gasteiger partial charge in [0.15, 0.2) is 0 Å². The van der Waals surface area contributed by atoms with Gasteiger partial charge in [-0.05, 0) is 12.1 Å². The molecule has 1 atom stereocenters. The lowest BCUT2D eigenvalue weighted by Gasteiger charge is -2.08. The molecule has 0 aromatic heterocycles. The lowest BCUT2D eigenvalue weighted by molar-refractivity contribution is -0.143. The maximum Gasteiger partial charge on any atom is 0.318 e. The first kappa shape index (κ1) is 11.4. The Labute approximate surface area is 98.7 Å². The van der Waals surface area contributed by atoms with Crippen LogP contribution < -0.4 is 10.1 Å². The number of rotatable bonds is 3. The third-order valence-corrected chi connectivity index (χ3v) is 2.59. The molecule has 2 rings (SSSR count). The second kappa shape index (κ2) is 4.86. The molecule has 90 valence electrons. The summed E-state index contributed by atoms with van der Waals surface area (Å²) >= 11 is 0. The SMILES string of the molecule is COc1cccc(NC(=O)[C@H]2CCOC2=O)c1. The first-order valence-electron chi connectivity index (χ1n) is 5.32. The van der Waals surface area contributed by atoms with Crippen LogP contribution in [0.5, 0.6) is 5.75 Å². The summed E-state index contributed by atoms with van der Waals surface area (Å²) in [6.45, 7) is 0.315. The van der Waals surface area contributed by atoms with E-state index in [0.29, 0.717) is 24.5 Å². The molecular weight excluding hydrogens is 222 g/mol. The molecule has 0 spiro atoms. The number of benzene rings is 1. The summed E-state index contributed by atoms with van der Waals surface area (Å²) in [5.41, 5.74) is 0.606. The zero-order chi connectivity index (χ0) is 12.3. The van der Waals surface area contributed by atoms with Crippen molar-refractivity contribution in [2.45, 2.75) is 6.42 Å². The van der Waals surface area contributed by atoms with Gasteiger partial charge >= 0.3 is 5.97 Å². The van der Waals surface area contributed by atoms with E-state index in [1.165, 1.54) is 0 Å². The van der Waals surface area contributed by atoms with Crippen LogP contribution in [-0.2, 0) is 14.3 Å². The van der Waals surface area contributed by atoms with Gasteiger partial charge in [-0.1, -0.05) is 6.07 Å². The Morgan fingerprint density at radius 3 is 3.00 bits per heavy atom. The number of amides is 1. The highest BCUT2D eigenvalue weighted by molar-refractivity contribution is 6.05. The average Bonchev–Trinajstić information content (AvgIpc) is 2.76. The average molecular weight is 235 g/mol. The number of hydrogen-bond donors (Lipinski definition) is 1. The van der Waals surface area contributed by atoms with Crippen molar-refractivity contribution in [1.29, 1.82) is 0 Å². The minimum atomic E-state index is -0.693. The number of carbonyl (C=O) groups is 2. The van der Waals surface area contributed by atoms with E-state index in [9.17, 15) is 9.59 Å². The lowest BCUT2D eigenvalue weighted by atomic mass is 10.1. The Balaban J connectivity index is 2.04. The molecule has 0 saturated carbocycles. The first-order valence-corrected chi connectivity index (χ1v) is 5.32. The Kier molecular flexibility index (Phi) is 3.27. The number of cyclic esters (lactones) is 1. The quantitative estimate of drug-likeness (QED) is 0.631. The van der Waals surface area contributed by atoms with Gasteiger partial charge in [-0.15, -0.1) is 0 Å². The molecule has 1 aliphatic heterocycles. The molecule has 1 aliphatic rings. The predicted molar refractivity (Wildman–Crippen MR) is 60.7 cm³/mol. The Morgan fingerprint density at radius 1 is 1.53 bits per heavy atom. The molecule has 1 N–H and O–H groups in total. The standard InChI is InChI=1S/C12H13NO4/c1-16-9-4-2-3-8(7-9)13-11(14)10-5-6-17-12(10)15/h2-4,7,10H,5-6H2,1H3,(H,13,14)/t10-/m1/s1. The highest BCUT2D eigenvalue weighted by atomic mass is 16.5. The summed E-state index contributed by atoms with van der Waals surface area (Å²) in [5.74, 6) is -0.829. The smallest absolute Gasteiger partial charge is 0.318 e. The summed E-state index contributed by atoms with van der Waals surface area (Å²) in [6.07, 6.45) is 0.439. The van der Waals surface area contributed by atoms with E-state index in [1.807, 2.05) is 0 Å². The summed E-state index contributed by atoms with van der Waals surface area (Å²) in [4.78, 5) is 23.0. The number of anilines is 1. The Morgan fingerprint density at radius 2 is 2.35 bits per heavy atom. The molecule has 1 heterocycles. The van der Waals surface area contributed by atoms with E-state index in [-0.39, 0.29) is 5.91 Å². The molecule has 0 radical (unpaired) electrons. The van der Waals surface area contributed by atoms with Gasteiger partial charge in [0.05, 0.1) is 13.7 Å². The number of esters is 1. The molecule has 5 nitrogen and oxygen atoms in total. The first-order chi connectivity index (χ1) is 8.20. The van der Waals surface area contributed by atoms with Crippen molar-refractivity contribution in [2.24, 2.45) is 5.92 Å². The van der Waals surface area contributed by atoms with Crippen molar-refractivity contribution in [3.05, 3.63) is 24.3 Å². The van der Waals surface area contributed by atoms with Crippen LogP contribution in [0.25, 0.3) is 0 Å². The third-order valence-electron chi connectivity index (χ3n) is 2.59. The fraction of sp³-hybridized carbons (Fsp3) is 0.333. The molecule has 0 aliphatic carbocycles. The lowest BCUT2D eigenvalue weighted by Crippen LogP contribution is -2.26. The van der Waals surface area contributed by atoms with Crippen molar-refractivity contribution in [3.8, 4) is 5.75 Å². The van der Waals surface area contributed by atoms with Gasteiger partial charge in [0, 0.05) is 18.2 Å². The van der Waals surface area contributed by atoms with Crippen molar-refractivity contribution in [1.82, 2.24) is 0 Å². The normalized spacial score (nSPS) is 18.6. The van der Waals surface area contributed by atoms with E-state index in [1.54, 1.807) is 31.4 Å². The minimum absolute atomic E-state index is 0.315. The summed E-state index contributed by atoms with van der Waals surface area (Å²) < 4.78 is 9.78. The Hall–Kier alpha value is -2.04. The molecule has 0 unspecified atom stereocenters. The van der Waals surface area contributed by atoms with Gasteiger partial charge in [-0.2, -0.15) is 0 Å². The number of methoxy groups -OCH3 is 1. The Bertz CT molecular complexity index is 444. The molecule has 17 heavy (non-hydrogen) atoms. The topological polar surface area (TPSA) is 64.6 Å². The molecule has 0 bridgehead atoms. The monoisotopic (exact) mass is 235 g/mol. The zero-order valence-electron chi connectivity index (χ0n) is 9.43. The van der Waals surface area contributed by atoms with Gasteiger partial charge in [-0.3, -0.25) is 9.59 Å². The fourth-order valence-corrected chi connectivity index (χ4v) is 1.66. The number of hydrogen-bond acceptors (Lipinski definition) is 4. The van der Waals surface area contributed by atoms with E-state index < -0.39 is 11.9 Å². The molecule has 1 aromatic rings. The number of carbonyl (C=O) groups excluding carboxylic acids is 2. The second-order valence-electron chi connectivity index (χ2n) is 3.73. The van der Waals surface area contributed by atoms with Crippen molar-refractivity contribution >= 4 is 17.6 Å². The van der Waals surface area contributed by atoms with Gasteiger partial charge < -0.3 is 14.8 Å². The van der Waals surface area contributed by atoms with Gasteiger partial charge in [0.1, 0.15) is 11.7 Å². The highest BCUT2D eigenvalue weighted by Crippen LogP contribution is 2.20. The van der Waals surface area contributed by atoms with Crippen molar-refractivity contribution in [3.63, 3.8) is 0 Å². The summed E-state index contributed by atoms with van der Waals surface area (Å²) in [5, 5.41) is 2.67. The van der Waals surface area contributed by atoms with Crippen LogP contribution in [0.3, 0.4) is 0 Å². The van der Waals surface area contributed by atoms with Crippen LogP contribution in [0.15, 0.2) is 24.3 Å². The third kappa shape index (κ3) is 2.55. The van der Waals surface area contributed by atoms with E-state index in [2.05, 4.69) is 5.32 Å². The van der Waals surface area contributed by atoms with Crippen LogP contribution in [-0.4, -0.2) is 25.6 Å². The number of nitrogens with one attached hydrogen (secondary N) is 1. The van der Waals surface area contributed by atoms with Gasteiger partial charge in [0.25, 0.3) is 0 Å². The summed E-state index contributed by atoms with van der Waals surface area (Å²) in [6, 6.07) is 6.97. The maximum absolute atomic E-state index is 11.8. The molecule has 1 saturated heterocycles. The van der Waals surface area contributed by atoms with Crippen LogP contribution in [0.2, 0.25) is 0 Å².